The number of carbonyl (C=O) groups is 2. The molecule has 2 aliphatic rings. The Morgan fingerprint density at radius 1 is 0.933 bits per heavy atom. The number of likely N-dealkylation sites (N-methyl/N-ethyl adjacent to an activating group) is 1. The summed E-state index contributed by atoms with van der Waals surface area (Å²) >= 11 is 0. The van der Waals surface area contributed by atoms with Crippen LogP contribution >= 0.6 is 0 Å². The molecule has 3 aromatic carbocycles. The Balaban J connectivity index is 1.24. The number of ether oxygens (including phenoxy) is 2. The number of halogens is 3. The number of carbonyl (C=O) groups excluding carboxylic acids is 2. The molecule has 45 heavy (non-hydrogen) atoms. The van der Waals surface area contributed by atoms with Gasteiger partial charge in [0.2, 0.25) is 5.91 Å². The second kappa shape index (κ2) is 14.6. The maximum atomic E-state index is 13.0. The number of aliphatic hydroxyl groups excluding tert-OH is 1. The van der Waals surface area contributed by atoms with Crippen molar-refractivity contribution < 1.29 is 37.3 Å². The van der Waals surface area contributed by atoms with Crippen molar-refractivity contribution in [1.29, 1.82) is 0 Å². The van der Waals surface area contributed by atoms with Crippen LogP contribution in [0.5, 0.6) is 0 Å². The van der Waals surface area contributed by atoms with Crippen molar-refractivity contribution in [3.05, 3.63) is 107 Å². The maximum absolute atomic E-state index is 13.0. The van der Waals surface area contributed by atoms with Crippen LogP contribution in [0, 0.1) is 0 Å². The molecule has 2 saturated heterocycles. The predicted molar refractivity (Wildman–Crippen MR) is 160 cm³/mol. The van der Waals surface area contributed by atoms with Gasteiger partial charge in [-0.3, -0.25) is 14.5 Å². The van der Waals surface area contributed by atoms with Crippen LogP contribution < -0.4 is 5.32 Å². The molecule has 0 spiro atoms. The number of amides is 2. The van der Waals surface area contributed by atoms with Crippen LogP contribution in [0.15, 0.2) is 78.9 Å². The number of nitrogens with zero attached hydrogens (tertiary/aromatic N) is 2. The number of rotatable bonds is 10. The normalized spacial score (nSPS) is 22.0. The number of hydrogen-bond acceptors (Lipinski definition) is 6. The van der Waals surface area contributed by atoms with E-state index in [0.717, 1.165) is 28.8 Å². The molecule has 2 aliphatic heterocycles. The number of benzene rings is 3. The fourth-order valence-electron chi connectivity index (χ4n) is 5.89. The summed E-state index contributed by atoms with van der Waals surface area (Å²) in [6.07, 6.45) is -4.86. The van der Waals surface area contributed by atoms with Crippen LogP contribution in [0.4, 0.5) is 13.2 Å². The molecule has 0 unspecified atom stereocenters. The third kappa shape index (κ3) is 8.49. The second-order valence-corrected chi connectivity index (χ2v) is 11.6. The zero-order valence-electron chi connectivity index (χ0n) is 25.1. The van der Waals surface area contributed by atoms with E-state index < -0.39 is 30.3 Å². The average molecular weight is 626 g/mol. The third-order valence-corrected chi connectivity index (χ3v) is 8.20. The molecule has 2 fully saturated rings. The van der Waals surface area contributed by atoms with E-state index >= 15 is 0 Å². The average Bonchev–Trinajstić information content (AvgIpc) is 3.53. The van der Waals surface area contributed by atoms with Gasteiger partial charge in [-0.25, -0.2) is 0 Å². The van der Waals surface area contributed by atoms with Crippen LogP contribution in [0.1, 0.15) is 59.5 Å². The van der Waals surface area contributed by atoms with Gasteiger partial charge in [0, 0.05) is 38.2 Å². The Morgan fingerprint density at radius 2 is 1.60 bits per heavy atom. The summed E-state index contributed by atoms with van der Waals surface area (Å²) in [5.41, 5.74) is 4.53. The van der Waals surface area contributed by atoms with E-state index in [2.05, 4.69) is 29.4 Å². The number of alkyl halides is 3. The third-order valence-electron chi connectivity index (χ3n) is 8.20. The molecule has 2 heterocycles. The largest absolute Gasteiger partial charge is 0.471 e. The SMILES string of the molecule is CN(Cc1ccccc1)C[C@@H]1C[C@H](c2ccc(CO)cc2)O[C@H](c2ccc(CNC(=O)[C@@H]3CCCN3C(=O)C(F)(F)F)cc2)O1. The molecule has 5 rings (SSSR count). The fraction of sp³-hybridized carbons (Fsp3) is 0.412. The second-order valence-electron chi connectivity index (χ2n) is 11.6. The number of likely N-dealkylation sites (tertiary alicyclic amines) is 1. The van der Waals surface area contributed by atoms with Crippen molar-refractivity contribution in [1.82, 2.24) is 15.1 Å². The molecule has 0 aromatic heterocycles. The minimum atomic E-state index is -5.01. The van der Waals surface area contributed by atoms with E-state index in [-0.39, 0.29) is 38.3 Å². The summed E-state index contributed by atoms with van der Waals surface area (Å²) < 4.78 is 51.7. The minimum absolute atomic E-state index is 0.0398. The highest BCUT2D eigenvalue weighted by Crippen LogP contribution is 2.38. The lowest BCUT2D eigenvalue weighted by atomic mass is 9.99. The van der Waals surface area contributed by atoms with Crippen molar-refractivity contribution in [3.63, 3.8) is 0 Å². The molecule has 4 atom stereocenters. The number of nitrogens with one attached hydrogen (secondary N) is 1. The highest BCUT2D eigenvalue weighted by molar-refractivity contribution is 5.90. The highest BCUT2D eigenvalue weighted by atomic mass is 19.4. The van der Waals surface area contributed by atoms with Gasteiger partial charge in [-0.1, -0.05) is 78.9 Å². The Kier molecular flexibility index (Phi) is 10.5. The van der Waals surface area contributed by atoms with Crippen LogP contribution in [0.2, 0.25) is 0 Å². The lowest BCUT2D eigenvalue weighted by molar-refractivity contribution is -0.252. The van der Waals surface area contributed by atoms with E-state index in [1.54, 1.807) is 0 Å². The molecule has 2 N–H and O–H groups in total. The van der Waals surface area contributed by atoms with E-state index in [9.17, 15) is 27.9 Å². The van der Waals surface area contributed by atoms with Crippen molar-refractivity contribution >= 4 is 11.8 Å². The van der Waals surface area contributed by atoms with Gasteiger partial charge in [-0.15, -0.1) is 0 Å². The van der Waals surface area contributed by atoms with Gasteiger partial charge in [0.05, 0.1) is 18.8 Å². The summed E-state index contributed by atoms with van der Waals surface area (Å²) in [6.45, 7) is 1.41. The van der Waals surface area contributed by atoms with E-state index in [1.807, 2.05) is 66.7 Å². The highest BCUT2D eigenvalue weighted by Gasteiger charge is 2.47. The van der Waals surface area contributed by atoms with Gasteiger partial charge in [-0.05, 0) is 42.1 Å². The maximum Gasteiger partial charge on any atom is 0.471 e. The Labute approximate surface area is 260 Å². The summed E-state index contributed by atoms with van der Waals surface area (Å²) in [4.78, 5) is 27.3. The van der Waals surface area contributed by atoms with Crippen molar-refractivity contribution in [2.24, 2.45) is 0 Å². The Morgan fingerprint density at radius 3 is 2.27 bits per heavy atom. The first-order valence-electron chi connectivity index (χ1n) is 15.1. The molecule has 240 valence electrons. The van der Waals surface area contributed by atoms with Crippen LogP contribution in [0.3, 0.4) is 0 Å². The number of aliphatic hydroxyl groups is 1. The monoisotopic (exact) mass is 625 g/mol. The summed E-state index contributed by atoms with van der Waals surface area (Å²) in [5.74, 6) is -2.59. The van der Waals surface area contributed by atoms with Gasteiger partial charge in [-0.2, -0.15) is 13.2 Å². The predicted octanol–water partition coefficient (Wildman–Crippen LogP) is 5.03. The molecule has 8 nitrogen and oxygen atoms in total. The van der Waals surface area contributed by atoms with E-state index in [1.165, 1.54) is 5.56 Å². The Bertz CT molecular complexity index is 1420. The fourth-order valence-corrected chi connectivity index (χ4v) is 5.89. The molecule has 0 radical (unpaired) electrons. The summed E-state index contributed by atoms with van der Waals surface area (Å²) in [5, 5.41) is 12.1. The van der Waals surface area contributed by atoms with Gasteiger partial charge in [0.15, 0.2) is 6.29 Å². The lowest BCUT2D eigenvalue weighted by Crippen LogP contribution is -2.50. The minimum Gasteiger partial charge on any atom is -0.392 e. The molecule has 0 saturated carbocycles. The van der Waals surface area contributed by atoms with Crippen LogP contribution in [0.25, 0.3) is 0 Å². The van der Waals surface area contributed by atoms with E-state index in [4.69, 9.17) is 9.47 Å². The standard InChI is InChI=1S/C34H38F3N3O5/c1-39(20-24-6-3-2-4-7-24)21-28-18-30(26-13-11-25(22-41)12-14-26)45-32(44-28)27-15-9-23(10-16-27)19-38-31(42)29-8-5-17-40(29)33(43)34(35,36)37/h2-4,6-7,9-16,28-30,32,41H,5,8,17-22H2,1H3,(H,38,42)/t28-,29-,30+,32+/m0/s1. The van der Waals surface area contributed by atoms with Crippen LogP contribution in [-0.2, 0) is 38.8 Å². The first-order valence-corrected chi connectivity index (χ1v) is 15.1. The zero-order chi connectivity index (χ0) is 32.0. The summed E-state index contributed by atoms with van der Waals surface area (Å²) in [6, 6.07) is 24.1. The van der Waals surface area contributed by atoms with Crippen LogP contribution in [-0.4, -0.2) is 65.2 Å². The molecule has 2 amide bonds. The molecule has 11 heteroatoms. The summed E-state index contributed by atoms with van der Waals surface area (Å²) in [7, 11) is 2.05. The first-order chi connectivity index (χ1) is 21.6. The van der Waals surface area contributed by atoms with Crippen molar-refractivity contribution in [3.8, 4) is 0 Å². The zero-order valence-corrected chi connectivity index (χ0v) is 25.1. The molecular formula is C34H38F3N3O5. The first kappa shape index (κ1) is 32.6. The lowest BCUT2D eigenvalue weighted by Gasteiger charge is -2.38. The van der Waals surface area contributed by atoms with Gasteiger partial charge in [0.25, 0.3) is 0 Å². The van der Waals surface area contributed by atoms with Gasteiger partial charge >= 0.3 is 12.1 Å². The molecule has 0 bridgehead atoms. The van der Waals surface area contributed by atoms with Gasteiger partial charge in [0.1, 0.15) is 6.04 Å². The van der Waals surface area contributed by atoms with Crippen molar-refractivity contribution in [2.75, 3.05) is 20.1 Å². The molecule has 0 aliphatic carbocycles. The van der Waals surface area contributed by atoms with Gasteiger partial charge < -0.3 is 24.8 Å². The molecule has 3 aromatic rings. The van der Waals surface area contributed by atoms with E-state index in [0.29, 0.717) is 24.3 Å². The molecular weight excluding hydrogens is 587 g/mol. The quantitative estimate of drug-likeness (QED) is 0.329. The Hall–Kier alpha value is -3.77. The van der Waals surface area contributed by atoms with Crippen molar-refractivity contribution in [2.45, 2.75) is 69.7 Å². The topological polar surface area (TPSA) is 91.3 Å². The smallest absolute Gasteiger partial charge is 0.392 e. The number of hydrogen-bond donors (Lipinski definition) is 2.